The number of anilines is 2. The van der Waals surface area contributed by atoms with Gasteiger partial charge >= 0.3 is 88.1 Å². The van der Waals surface area contributed by atoms with Crippen molar-refractivity contribution in [2.75, 3.05) is 11.1 Å². The Hall–Kier alpha value is -1.54. The number of alkyl halides is 1. The summed E-state index contributed by atoms with van der Waals surface area (Å²) in [7, 11) is 9.87. The van der Waals surface area contributed by atoms with Crippen molar-refractivity contribution >= 4 is 309 Å². The number of aliphatic hydroxyl groups excluding tert-OH is 1. The van der Waals surface area contributed by atoms with Gasteiger partial charge in [0.15, 0.2) is 18.5 Å². The molecule has 0 aromatic heterocycles. The van der Waals surface area contributed by atoms with Crippen LogP contribution in [0.4, 0.5) is 34.1 Å². The molecule has 550 valence electrons. The number of aliphatic hydroxyl groups is 1. The second-order valence-electron chi connectivity index (χ2n) is 15.8. The van der Waals surface area contributed by atoms with Crippen LogP contribution < -0.4 is 85.8 Å². The number of carbonyl (C=O) groups is 2. The monoisotopic (exact) mass is 2010 g/mol. The third-order valence-electron chi connectivity index (χ3n) is 10.4. The van der Waals surface area contributed by atoms with Gasteiger partial charge in [-0.05, 0) is 54.6 Å². The number of hydrogen-bond acceptors (Lipinski definition) is 19. The Kier molecular flexibility index (Phi) is 73.0. The van der Waals surface area contributed by atoms with Gasteiger partial charge < -0.3 is 46.4 Å². The standard InChI is InChI=1S/C8H7Cl2N3.C7H4Cl3NO2.C7H6Cl2N2O2.C7H8Cl2N2.C7H5Cl2NO3.C7H3Cl2NO3.C7H4Cl2O.CBrN.3CH4.BrH.3ClH.K.H3N.H2O.Sn.H/c9-5-1-2-6-4(7(5)10)3-12-8(11)13-6;8-3-4-6(11(12)13)2-1-5(9)7(4)10;8-5-1-2-6(11(12)13)4(3-10)7(5)9;8-5-1-2-6(11)4(3-10)7(5)9;2*8-5-1-2-6(10(12)13)4(3-11)7(5)9;8-6-3-1-2-5(4-10)7(6)9;2-1-3;;;;;;;;;;;;/h1-2H,3H2,(H3,11,12,13);1-2H,3H2;1-2H,3,10H2;1-2H,3,10-11H2;1-2,11H,3H2;1-3H;1-4H;;3*1H4;4*1H;;1H3;1H2;;/q;;;;;;;;;;;;;;;+1;;;+2;-1/p-2. The maximum absolute atomic E-state index is 10.5. The molecule has 7 aromatic carbocycles. The molecule has 8 rings (SSSR count). The summed E-state index contributed by atoms with van der Waals surface area (Å²) in [4.78, 5) is 65.7. The van der Waals surface area contributed by atoms with Crippen LogP contribution in [0.15, 0.2) is 96.0 Å². The third-order valence-corrected chi connectivity index (χ3v) is 16.6. The zero-order valence-corrected chi connectivity index (χ0v) is 71.1. The molecule has 100 heavy (non-hydrogen) atoms. The summed E-state index contributed by atoms with van der Waals surface area (Å²) in [6.45, 7) is 0.282. The van der Waals surface area contributed by atoms with Crippen molar-refractivity contribution in [2.24, 2.45) is 22.2 Å². The number of benzene rings is 7. The summed E-state index contributed by atoms with van der Waals surface area (Å²) in [6.07, 6.45) is 0.987. The van der Waals surface area contributed by atoms with E-state index in [1.165, 1.54) is 42.5 Å². The number of halogens is 20. The van der Waals surface area contributed by atoms with E-state index < -0.39 is 45.2 Å². The van der Waals surface area contributed by atoms with E-state index in [-0.39, 0.29) is 214 Å². The number of aldehydes is 2. The van der Waals surface area contributed by atoms with E-state index in [0.717, 1.165) is 17.3 Å². The molecule has 15 N–H and O–H groups in total. The summed E-state index contributed by atoms with van der Waals surface area (Å²) < 4.78 is 0. The SMILES string of the molecule is Br.C.C.C.Cl.N.N#CBr.NC1=NCc2c(ccc(Cl)c2Cl)N1.NCc1c(N)ccc(Cl)c1Cl.NCc1c([N+](=O)[O-])ccc(Cl)c1Cl.O.O=Cc1c([N+](=O)[O-])ccc(Cl)c1Cl.O=Cc1cccc(Cl)c1Cl.O=[N+]([O-])c1ccc(Cl)c(Cl)c1CCl.O=[N+]([O-])c1ccc(Cl)c(Cl)c1CO.[Cl][Sn][Cl].[H-].[K+]. The number of aliphatic imine (C=N–C) groups is 1. The molecule has 0 saturated carbocycles. The minimum absolute atomic E-state index is 0. The average molecular weight is 2020 g/mol. The van der Waals surface area contributed by atoms with E-state index in [1.54, 1.807) is 41.4 Å². The Bertz CT molecular complexity index is 3700. The van der Waals surface area contributed by atoms with E-state index >= 15 is 0 Å². The van der Waals surface area contributed by atoms with Crippen LogP contribution in [0.25, 0.3) is 0 Å². The minimum atomic E-state index is -0.826. The fourth-order valence-electron chi connectivity index (χ4n) is 6.19. The molecule has 0 spiro atoms. The molecule has 0 saturated heterocycles. The van der Waals surface area contributed by atoms with Gasteiger partial charge in [-0.1, -0.05) is 197 Å². The molecule has 1 aliphatic heterocycles. The van der Waals surface area contributed by atoms with Gasteiger partial charge in [-0.25, -0.2) is 4.99 Å². The van der Waals surface area contributed by atoms with Gasteiger partial charge in [0.1, 0.15) is 10.5 Å². The van der Waals surface area contributed by atoms with Crippen molar-refractivity contribution in [3.8, 4) is 4.98 Å². The van der Waals surface area contributed by atoms with Crippen LogP contribution in [0, 0.1) is 50.7 Å². The number of fused-ring (bicyclic) bond motifs is 1. The molecule has 46 heteroatoms. The maximum atomic E-state index is 10.5. The Morgan fingerprint density at radius 1 is 0.570 bits per heavy atom. The van der Waals surface area contributed by atoms with Gasteiger partial charge in [-0.2, -0.15) is 5.26 Å². The quantitative estimate of drug-likeness (QED) is 0.0167. The number of nitriles is 1. The van der Waals surface area contributed by atoms with Gasteiger partial charge in [0, 0.05) is 81.4 Å². The van der Waals surface area contributed by atoms with Gasteiger partial charge in [-0.15, -0.1) is 41.0 Å². The first-order chi connectivity index (χ1) is 43.2. The van der Waals surface area contributed by atoms with Crippen LogP contribution in [0.3, 0.4) is 0 Å². The fraction of sp³-hybridized carbons (Fsp3) is 0.148. The number of nitrogen functional groups attached to an aromatic ring is 1. The predicted octanol–water partition coefficient (Wildman–Crippen LogP) is 19.4. The number of nitrogens with two attached hydrogens (primary N) is 4. The molecule has 0 amide bonds. The van der Waals surface area contributed by atoms with E-state index in [4.69, 9.17) is 225 Å². The van der Waals surface area contributed by atoms with Crippen LogP contribution in [-0.2, 0) is 32.1 Å². The Morgan fingerprint density at radius 2 is 0.900 bits per heavy atom. The molecule has 7 aromatic rings. The molecule has 0 unspecified atom stereocenters. The molecule has 0 bridgehead atoms. The third kappa shape index (κ3) is 38.3. The number of carbonyl (C=O) groups excluding carboxylic acids is 2. The number of hydrogen-bond donors (Lipinski definition) is 7. The fourth-order valence-corrected chi connectivity index (χ4v) is 9.29. The molecule has 1 heterocycles. The van der Waals surface area contributed by atoms with E-state index in [2.05, 4.69) is 26.2 Å². The van der Waals surface area contributed by atoms with Crippen LogP contribution in [0.1, 0.15) is 72.2 Å². The zero-order chi connectivity index (χ0) is 70.9. The number of nitrogens with one attached hydrogen (secondary N) is 1. The van der Waals surface area contributed by atoms with Gasteiger partial charge in [0.2, 0.25) is 0 Å². The normalized spacial score (nSPS) is 9.38. The van der Waals surface area contributed by atoms with E-state index in [9.17, 15) is 50.0 Å². The summed E-state index contributed by atoms with van der Waals surface area (Å²) in [5.41, 5.74) is 24.9. The molecular weight excluding hydrogens is 1960 g/mol. The first-order valence-corrected chi connectivity index (χ1v) is 37.2. The Morgan fingerprint density at radius 3 is 1.26 bits per heavy atom. The Balaban J connectivity index is -0.000000116. The largest absolute Gasteiger partial charge is 1.00 e. The summed E-state index contributed by atoms with van der Waals surface area (Å²) in [5, 5.41) is 64.6. The van der Waals surface area contributed by atoms with Crippen LogP contribution >= 0.6 is 237 Å². The van der Waals surface area contributed by atoms with E-state index in [0.29, 0.717) is 78.6 Å². The second kappa shape index (κ2) is 62.5. The predicted molar refractivity (Wildman–Crippen MR) is 427 cm³/mol. The van der Waals surface area contributed by atoms with Crippen molar-refractivity contribution in [2.45, 2.75) is 54.4 Å². The number of nitro benzene ring substituents is 4. The topological polar surface area (TPSA) is 446 Å². The molecule has 0 atom stereocenters. The van der Waals surface area contributed by atoms with Crippen LogP contribution in [0.5, 0.6) is 0 Å². The molecular formula is C54H57Br2Cl18KN12O12Sn. The van der Waals surface area contributed by atoms with Gasteiger partial charge in [0.05, 0.1) is 126 Å². The maximum Gasteiger partial charge on any atom is 1.00 e. The molecule has 1 aliphatic rings. The summed E-state index contributed by atoms with van der Waals surface area (Å²) >= 11 is 86.9. The number of nitrogens with zero attached hydrogens (tertiary/aromatic N) is 6. The smallest absolute Gasteiger partial charge is 1.00 e. The summed E-state index contributed by atoms with van der Waals surface area (Å²) in [5.74, 6) is 0.376. The average Bonchev–Trinajstić information content (AvgIpc) is 0.844. The van der Waals surface area contributed by atoms with Crippen molar-refractivity contribution < 1.29 is 92.7 Å². The van der Waals surface area contributed by atoms with Crippen molar-refractivity contribution in [3.05, 3.63) is 241 Å². The zero-order valence-electron chi connectivity index (χ0n) is 49.2. The first-order valence-electron chi connectivity index (χ1n) is 23.3. The first kappa shape index (κ1) is 117. The molecule has 24 nitrogen and oxygen atoms in total. The number of rotatable bonds is 10. The number of nitro groups is 4. The summed E-state index contributed by atoms with van der Waals surface area (Å²) in [6, 6.07) is 22.1. The van der Waals surface area contributed by atoms with Crippen molar-refractivity contribution in [1.82, 2.24) is 6.15 Å². The molecule has 2 radical (unpaired) electrons. The van der Waals surface area contributed by atoms with E-state index in [1.807, 2.05) is 6.07 Å². The number of guanidine groups is 1. The van der Waals surface area contributed by atoms with Gasteiger partial charge in [-0.3, -0.25) is 50.0 Å². The van der Waals surface area contributed by atoms with Crippen molar-refractivity contribution in [3.63, 3.8) is 0 Å². The Labute approximate surface area is 736 Å². The van der Waals surface area contributed by atoms with Crippen LogP contribution in [-0.4, -0.2) is 67.7 Å². The van der Waals surface area contributed by atoms with Crippen molar-refractivity contribution in [1.29, 1.82) is 5.26 Å². The van der Waals surface area contributed by atoms with Crippen LogP contribution in [0.2, 0.25) is 70.3 Å². The minimum Gasteiger partial charge on any atom is -1.00 e. The molecule has 0 fully saturated rings. The molecule has 0 aliphatic carbocycles. The second-order valence-corrected chi connectivity index (χ2v) is 26.1. The van der Waals surface area contributed by atoms with Gasteiger partial charge in [0.25, 0.3) is 22.7 Å².